The van der Waals surface area contributed by atoms with Gasteiger partial charge >= 0.3 is 0 Å². The average molecular weight is 323 g/mol. The normalized spacial score (nSPS) is 11.9. The minimum absolute atomic E-state index is 0.0509. The zero-order valence-electron chi connectivity index (χ0n) is 13.0. The molecule has 4 N–H and O–H groups in total. The molecule has 3 aromatic rings. The van der Waals surface area contributed by atoms with Crippen LogP contribution in [-0.2, 0) is 0 Å². The summed E-state index contributed by atoms with van der Waals surface area (Å²) < 4.78 is 13.7. The van der Waals surface area contributed by atoms with Crippen molar-refractivity contribution in [1.29, 1.82) is 0 Å². The van der Waals surface area contributed by atoms with Crippen molar-refractivity contribution < 1.29 is 9.50 Å². The Morgan fingerprint density at radius 3 is 2.54 bits per heavy atom. The second-order valence-electron chi connectivity index (χ2n) is 5.49. The summed E-state index contributed by atoms with van der Waals surface area (Å²) in [4.78, 5) is 4.20. The van der Waals surface area contributed by atoms with Crippen LogP contribution in [-0.4, -0.2) is 16.7 Å². The third-order valence-electron chi connectivity index (χ3n) is 3.80. The molecule has 4 nitrogen and oxygen atoms in total. The van der Waals surface area contributed by atoms with Crippen LogP contribution in [0.1, 0.15) is 11.6 Å². The molecule has 0 fully saturated rings. The summed E-state index contributed by atoms with van der Waals surface area (Å²) in [6.45, 7) is -0.0509. The second kappa shape index (κ2) is 7.10. The number of nitrogens with zero attached hydrogens (tertiary/aromatic N) is 1. The molecular weight excluding hydrogens is 305 g/mol. The Bertz CT molecular complexity index is 824. The van der Waals surface area contributed by atoms with Gasteiger partial charge in [-0.3, -0.25) is 4.98 Å². The lowest BCUT2D eigenvalue weighted by atomic mass is 10.1. The van der Waals surface area contributed by atoms with Crippen molar-refractivity contribution >= 4 is 11.4 Å². The number of aliphatic hydroxyl groups excluding tert-OH is 1. The number of nitrogens with one attached hydrogen (secondary N) is 1. The molecule has 0 aliphatic carbocycles. The summed E-state index contributed by atoms with van der Waals surface area (Å²) in [5, 5.41) is 12.9. The van der Waals surface area contributed by atoms with Crippen LogP contribution in [0.15, 0.2) is 67.0 Å². The van der Waals surface area contributed by atoms with Gasteiger partial charge in [-0.1, -0.05) is 36.4 Å². The molecule has 0 spiro atoms. The Morgan fingerprint density at radius 2 is 1.83 bits per heavy atom. The van der Waals surface area contributed by atoms with Crippen LogP contribution in [0.3, 0.4) is 0 Å². The molecule has 3 rings (SSSR count). The minimum Gasteiger partial charge on any atom is -0.396 e. The van der Waals surface area contributed by atoms with Crippen molar-refractivity contribution in [3.8, 4) is 11.1 Å². The van der Waals surface area contributed by atoms with E-state index in [-0.39, 0.29) is 18.3 Å². The molecule has 1 aromatic heterocycles. The van der Waals surface area contributed by atoms with Crippen LogP contribution >= 0.6 is 0 Å². The quantitative estimate of drug-likeness (QED) is 0.627. The molecule has 2 aromatic carbocycles. The van der Waals surface area contributed by atoms with Crippen LogP contribution in [0.2, 0.25) is 0 Å². The first kappa shape index (κ1) is 16.0. The Kier molecular flexibility index (Phi) is 4.72. The Morgan fingerprint density at radius 1 is 1.04 bits per heavy atom. The van der Waals surface area contributed by atoms with Gasteiger partial charge in [-0.15, -0.1) is 0 Å². The van der Waals surface area contributed by atoms with E-state index in [0.29, 0.717) is 5.56 Å². The summed E-state index contributed by atoms with van der Waals surface area (Å²) in [5.41, 5.74) is 8.81. The number of anilines is 2. The lowest BCUT2D eigenvalue weighted by molar-refractivity contribution is 0.276. The summed E-state index contributed by atoms with van der Waals surface area (Å²) in [5.74, 6) is -0.455. The van der Waals surface area contributed by atoms with Gasteiger partial charge in [-0.25, -0.2) is 4.39 Å². The summed E-state index contributed by atoms with van der Waals surface area (Å²) in [6.07, 6.45) is 3.33. The van der Waals surface area contributed by atoms with E-state index in [0.717, 1.165) is 16.8 Å². The molecule has 0 radical (unpaired) electrons. The molecule has 0 aliphatic rings. The molecule has 1 atom stereocenters. The second-order valence-corrected chi connectivity index (χ2v) is 5.49. The first-order valence-corrected chi connectivity index (χ1v) is 7.60. The predicted octanol–water partition coefficient (Wildman–Crippen LogP) is 3.62. The number of aliphatic hydroxyl groups is 1. The number of hydrogen-bond acceptors (Lipinski definition) is 4. The van der Waals surface area contributed by atoms with Crippen molar-refractivity contribution in [2.24, 2.45) is 0 Å². The summed E-state index contributed by atoms with van der Waals surface area (Å²) in [7, 11) is 0. The van der Waals surface area contributed by atoms with Gasteiger partial charge < -0.3 is 16.2 Å². The Hall–Kier alpha value is -2.92. The van der Waals surface area contributed by atoms with Crippen molar-refractivity contribution in [2.45, 2.75) is 6.04 Å². The van der Waals surface area contributed by atoms with Gasteiger partial charge in [0.25, 0.3) is 0 Å². The maximum Gasteiger partial charge on any atom is 0.146 e. The standard InChI is InChI=1S/C19H18FN3O/c20-17-9-14(6-7-18(17)21)15-8-16(11-22-10-15)23-19(12-24)13-4-2-1-3-5-13/h1-11,19,23-24H,12,21H2/t19-/m0/s1. The minimum atomic E-state index is -0.455. The molecule has 0 saturated heterocycles. The topological polar surface area (TPSA) is 71.2 Å². The molecular formula is C19H18FN3O. The predicted molar refractivity (Wildman–Crippen MR) is 93.9 cm³/mol. The highest BCUT2D eigenvalue weighted by Gasteiger charge is 2.11. The fourth-order valence-electron chi connectivity index (χ4n) is 2.50. The maximum atomic E-state index is 13.7. The summed E-state index contributed by atoms with van der Waals surface area (Å²) in [6, 6.07) is 15.9. The molecule has 24 heavy (non-hydrogen) atoms. The van der Waals surface area contributed by atoms with E-state index in [4.69, 9.17) is 5.73 Å². The monoisotopic (exact) mass is 323 g/mol. The SMILES string of the molecule is Nc1ccc(-c2cncc(N[C@@H](CO)c3ccccc3)c2)cc1F. The van der Waals surface area contributed by atoms with Gasteiger partial charge in [0.15, 0.2) is 0 Å². The van der Waals surface area contributed by atoms with Crippen molar-refractivity contribution in [3.05, 3.63) is 78.4 Å². The van der Waals surface area contributed by atoms with Gasteiger partial charge in [0.05, 0.1) is 24.0 Å². The van der Waals surface area contributed by atoms with Crippen LogP contribution in [0, 0.1) is 5.82 Å². The fourth-order valence-corrected chi connectivity index (χ4v) is 2.50. The largest absolute Gasteiger partial charge is 0.396 e. The van der Waals surface area contributed by atoms with E-state index in [1.165, 1.54) is 12.1 Å². The molecule has 0 saturated carbocycles. The van der Waals surface area contributed by atoms with Crippen LogP contribution < -0.4 is 11.1 Å². The highest BCUT2D eigenvalue weighted by atomic mass is 19.1. The Balaban J connectivity index is 1.86. The maximum absolute atomic E-state index is 13.7. The number of halogens is 1. The summed E-state index contributed by atoms with van der Waals surface area (Å²) >= 11 is 0. The number of benzene rings is 2. The zero-order chi connectivity index (χ0) is 16.9. The zero-order valence-corrected chi connectivity index (χ0v) is 13.0. The van der Waals surface area contributed by atoms with Gasteiger partial charge in [-0.05, 0) is 29.3 Å². The van der Waals surface area contributed by atoms with Crippen LogP contribution in [0.4, 0.5) is 15.8 Å². The fraction of sp³-hybridized carbons (Fsp3) is 0.105. The molecule has 1 heterocycles. The van der Waals surface area contributed by atoms with E-state index in [2.05, 4.69) is 10.3 Å². The van der Waals surface area contributed by atoms with Crippen LogP contribution in [0.25, 0.3) is 11.1 Å². The molecule has 0 amide bonds. The lowest BCUT2D eigenvalue weighted by Crippen LogP contribution is -2.14. The lowest BCUT2D eigenvalue weighted by Gasteiger charge is -2.18. The number of rotatable bonds is 5. The third-order valence-corrected chi connectivity index (χ3v) is 3.80. The van der Waals surface area contributed by atoms with Crippen molar-refractivity contribution in [2.75, 3.05) is 17.7 Å². The van der Waals surface area contributed by atoms with Crippen molar-refractivity contribution in [1.82, 2.24) is 4.98 Å². The first-order valence-electron chi connectivity index (χ1n) is 7.60. The van der Waals surface area contributed by atoms with E-state index in [1.54, 1.807) is 18.5 Å². The van der Waals surface area contributed by atoms with Gasteiger partial charge in [0, 0.05) is 18.0 Å². The van der Waals surface area contributed by atoms with E-state index >= 15 is 0 Å². The molecule has 0 aliphatic heterocycles. The third kappa shape index (κ3) is 3.52. The van der Waals surface area contributed by atoms with Gasteiger partial charge in [0.2, 0.25) is 0 Å². The van der Waals surface area contributed by atoms with E-state index in [9.17, 15) is 9.50 Å². The molecule has 5 heteroatoms. The van der Waals surface area contributed by atoms with E-state index in [1.807, 2.05) is 36.4 Å². The number of nitrogen functional groups attached to an aromatic ring is 1. The van der Waals surface area contributed by atoms with Gasteiger partial charge in [0.1, 0.15) is 5.82 Å². The Labute approximate surface area is 139 Å². The number of aromatic nitrogens is 1. The molecule has 122 valence electrons. The molecule has 0 unspecified atom stereocenters. The smallest absolute Gasteiger partial charge is 0.146 e. The first-order chi connectivity index (χ1) is 11.7. The number of pyridine rings is 1. The molecule has 0 bridgehead atoms. The average Bonchev–Trinajstić information content (AvgIpc) is 2.63. The number of hydrogen-bond donors (Lipinski definition) is 3. The highest BCUT2D eigenvalue weighted by Crippen LogP contribution is 2.26. The number of nitrogens with two attached hydrogens (primary N) is 1. The van der Waals surface area contributed by atoms with Gasteiger partial charge in [-0.2, -0.15) is 0 Å². The van der Waals surface area contributed by atoms with E-state index < -0.39 is 5.82 Å². The highest BCUT2D eigenvalue weighted by molar-refractivity contribution is 5.68. The van der Waals surface area contributed by atoms with Crippen LogP contribution in [0.5, 0.6) is 0 Å². The van der Waals surface area contributed by atoms with Crippen molar-refractivity contribution in [3.63, 3.8) is 0 Å².